The largest absolute Gasteiger partial charge is 0.494 e. The number of aliphatic imine (C=N–C) groups is 1. The maximum Gasteiger partial charge on any atom is 0.253 e. The number of nitrogens with one attached hydrogen (secondary N) is 1. The van der Waals surface area contributed by atoms with E-state index in [-0.39, 0.29) is 11.8 Å². The van der Waals surface area contributed by atoms with Crippen molar-refractivity contribution in [2.24, 2.45) is 4.99 Å². The van der Waals surface area contributed by atoms with Gasteiger partial charge in [0, 0.05) is 41.7 Å². The maximum absolute atomic E-state index is 12.9. The molecule has 2 N–H and O–H groups in total. The number of benzene rings is 3. The van der Waals surface area contributed by atoms with Crippen LogP contribution in [-0.4, -0.2) is 57.7 Å². The van der Waals surface area contributed by atoms with Crippen LogP contribution in [0.2, 0.25) is 0 Å². The summed E-state index contributed by atoms with van der Waals surface area (Å²) in [6.45, 7) is 8.54. The van der Waals surface area contributed by atoms with Gasteiger partial charge in [-0.2, -0.15) is 0 Å². The highest BCUT2D eigenvalue weighted by Gasteiger charge is 2.21. The molecule has 1 amide bonds. The molecule has 0 aliphatic carbocycles. The number of rotatable bonds is 8. The number of fused-ring (bicyclic) bond motifs is 1. The number of carbonyl (C=O) groups is 1. The minimum absolute atomic E-state index is 0.0193. The fraction of sp³-hybridized carbons (Fsp3) is 0.312. The molecule has 0 unspecified atom stereocenters. The van der Waals surface area contributed by atoms with E-state index in [0.717, 1.165) is 23.2 Å². The van der Waals surface area contributed by atoms with Crippen molar-refractivity contribution in [3.8, 4) is 5.88 Å². The van der Waals surface area contributed by atoms with Gasteiger partial charge in [0.15, 0.2) is 5.88 Å². The molecule has 6 nitrogen and oxygen atoms in total. The molecule has 0 radical (unpaired) electrons. The van der Waals surface area contributed by atoms with Crippen molar-refractivity contribution in [2.75, 3.05) is 26.2 Å². The summed E-state index contributed by atoms with van der Waals surface area (Å²) in [5.41, 5.74) is 5.63. The Balaban J connectivity index is 1.51. The number of amides is 1. The Morgan fingerprint density at radius 1 is 0.921 bits per heavy atom. The Morgan fingerprint density at radius 2 is 1.63 bits per heavy atom. The van der Waals surface area contributed by atoms with Gasteiger partial charge in [0.05, 0.1) is 17.0 Å². The van der Waals surface area contributed by atoms with E-state index in [1.165, 1.54) is 37.9 Å². The van der Waals surface area contributed by atoms with Crippen molar-refractivity contribution >= 4 is 28.2 Å². The number of nitrogens with zero attached hydrogens (tertiary/aromatic N) is 3. The van der Waals surface area contributed by atoms with Gasteiger partial charge in [0.1, 0.15) is 0 Å². The number of aromatic amines is 1. The smallest absolute Gasteiger partial charge is 0.253 e. The lowest BCUT2D eigenvalue weighted by Crippen LogP contribution is -2.30. The first-order valence-corrected chi connectivity index (χ1v) is 13.7. The number of carbonyl (C=O) groups excluding carboxylic acids is 1. The maximum atomic E-state index is 12.9. The third kappa shape index (κ3) is 5.50. The molecule has 0 spiro atoms. The number of piperidine rings is 1. The SMILES string of the molecule is CCN(CC)C(=O)c1ccc2c(C(=Nc3ccc(CN4CCCCC4)cc3)c3ccccc3)c(O)[nH]c2c1. The summed E-state index contributed by atoms with van der Waals surface area (Å²) in [5, 5.41) is 11.9. The number of hydrogen-bond acceptors (Lipinski definition) is 4. The zero-order valence-electron chi connectivity index (χ0n) is 22.3. The Labute approximate surface area is 224 Å². The molecule has 1 aliphatic rings. The zero-order chi connectivity index (χ0) is 26.5. The summed E-state index contributed by atoms with van der Waals surface area (Å²) in [7, 11) is 0. The molecule has 2 heterocycles. The number of likely N-dealkylation sites (tertiary alicyclic amines) is 1. The van der Waals surface area contributed by atoms with E-state index in [2.05, 4.69) is 34.1 Å². The molecule has 1 aliphatic heterocycles. The lowest BCUT2D eigenvalue weighted by molar-refractivity contribution is 0.0773. The van der Waals surface area contributed by atoms with Crippen molar-refractivity contribution in [1.29, 1.82) is 0 Å². The number of H-pyrrole nitrogens is 1. The molecule has 4 aromatic rings. The second kappa shape index (κ2) is 11.7. The molecule has 0 saturated carbocycles. The van der Waals surface area contributed by atoms with Gasteiger partial charge in [-0.25, -0.2) is 4.99 Å². The van der Waals surface area contributed by atoms with Crippen molar-refractivity contribution in [1.82, 2.24) is 14.8 Å². The second-order valence-corrected chi connectivity index (χ2v) is 9.92. The fourth-order valence-corrected chi connectivity index (χ4v) is 5.29. The first-order valence-electron chi connectivity index (χ1n) is 13.7. The lowest BCUT2D eigenvalue weighted by Gasteiger charge is -2.26. The normalized spacial score (nSPS) is 14.6. The van der Waals surface area contributed by atoms with Gasteiger partial charge in [0.25, 0.3) is 5.91 Å². The summed E-state index contributed by atoms with van der Waals surface area (Å²) < 4.78 is 0. The van der Waals surface area contributed by atoms with Crippen molar-refractivity contribution in [3.05, 3.63) is 95.1 Å². The molecular formula is C32H36N4O2. The summed E-state index contributed by atoms with van der Waals surface area (Å²) in [6.07, 6.45) is 3.89. The van der Waals surface area contributed by atoms with Gasteiger partial charge in [-0.3, -0.25) is 9.69 Å². The first kappa shape index (κ1) is 25.7. The fourth-order valence-electron chi connectivity index (χ4n) is 5.29. The van der Waals surface area contributed by atoms with Gasteiger partial charge in [-0.15, -0.1) is 0 Å². The Hall–Kier alpha value is -3.90. The highest BCUT2D eigenvalue weighted by Crippen LogP contribution is 2.32. The minimum atomic E-state index is -0.0193. The van der Waals surface area contributed by atoms with Gasteiger partial charge >= 0.3 is 0 Å². The van der Waals surface area contributed by atoms with Gasteiger partial charge in [-0.05, 0) is 69.6 Å². The van der Waals surface area contributed by atoms with E-state index in [4.69, 9.17) is 4.99 Å². The van der Waals surface area contributed by atoms with Crippen molar-refractivity contribution in [2.45, 2.75) is 39.7 Å². The van der Waals surface area contributed by atoms with Gasteiger partial charge < -0.3 is 15.0 Å². The van der Waals surface area contributed by atoms with Crippen LogP contribution in [-0.2, 0) is 6.54 Å². The molecule has 3 aromatic carbocycles. The van der Waals surface area contributed by atoms with E-state index in [1.807, 2.05) is 62.4 Å². The number of aromatic hydroxyl groups is 1. The second-order valence-electron chi connectivity index (χ2n) is 9.92. The number of aromatic nitrogens is 1. The van der Waals surface area contributed by atoms with Crippen LogP contribution in [0.4, 0.5) is 5.69 Å². The quantitative estimate of drug-likeness (QED) is 0.267. The summed E-state index contributed by atoms with van der Waals surface area (Å²) in [6, 6.07) is 23.9. The van der Waals surface area contributed by atoms with E-state index in [9.17, 15) is 9.90 Å². The number of hydrogen-bond donors (Lipinski definition) is 2. The predicted molar refractivity (Wildman–Crippen MR) is 155 cm³/mol. The molecular weight excluding hydrogens is 472 g/mol. The monoisotopic (exact) mass is 508 g/mol. The summed E-state index contributed by atoms with van der Waals surface area (Å²) >= 11 is 0. The van der Waals surface area contributed by atoms with Gasteiger partial charge in [0.2, 0.25) is 0 Å². The minimum Gasteiger partial charge on any atom is -0.494 e. The van der Waals surface area contributed by atoms with Crippen molar-refractivity contribution in [3.63, 3.8) is 0 Å². The van der Waals surface area contributed by atoms with E-state index in [0.29, 0.717) is 35.4 Å². The first-order chi connectivity index (χ1) is 18.6. The van der Waals surface area contributed by atoms with Gasteiger partial charge in [-0.1, -0.05) is 55.0 Å². The topological polar surface area (TPSA) is 71.9 Å². The Bertz CT molecular complexity index is 1410. The van der Waals surface area contributed by atoms with E-state index < -0.39 is 0 Å². The molecule has 1 fully saturated rings. The Kier molecular flexibility index (Phi) is 7.89. The lowest BCUT2D eigenvalue weighted by atomic mass is 10.00. The van der Waals surface area contributed by atoms with Crippen LogP contribution < -0.4 is 0 Å². The third-order valence-corrected chi connectivity index (χ3v) is 7.39. The van der Waals surface area contributed by atoms with Crippen LogP contribution in [0.15, 0.2) is 77.8 Å². The van der Waals surface area contributed by atoms with Crippen LogP contribution >= 0.6 is 0 Å². The molecule has 0 atom stereocenters. The standard InChI is InChI=1S/C32H36N4O2/c1-3-36(4-2)32(38)25-15-18-27-28(21-25)34-31(37)29(27)30(24-11-7-5-8-12-24)33-26-16-13-23(14-17-26)22-35-19-9-6-10-20-35/h5,7-8,11-18,21,34,37H,3-4,6,9-10,19-20,22H2,1-2H3. The molecule has 196 valence electrons. The van der Waals surface area contributed by atoms with Crippen LogP contribution in [0.5, 0.6) is 5.88 Å². The Morgan fingerprint density at radius 3 is 2.32 bits per heavy atom. The van der Waals surface area contributed by atoms with Crippen LogP contribution in [0.3, 0.4) is 0 Å². The summed E-state index contributed by atoms with van der Waals surface area (Å²) in [5.74, 6) is 0.0193. The molecule has 38 heavy (non-hydrogen) atoms. The molecule has 1 aromatic heterocycles. The molecule has 1 saturated heterocycles. The zero-order valence-corrected chi connectivity index (χ0v) is 22.3. The van der Waals surface area contributed by atoms with E-state index >= 15 is 0 Å². The molecule has 5 rings (SSSR count). The highest BCUT2D eigenvalue weighted by atomic mass is 16.3. The average molecular weight is 509 g/mol. The summed E-state index contributed by atoms with van der Waals surface area (Å²) in [4.78, 5) is 25.3. The van der Waals surface area contributed by atoms with Crippen LogP contribution in [0.1, 0.15) is 60.2 Å². The van der Waals surface area contributed by atoms with Crippen molar-refractivity contribution < 1.29 is 9.90 Å². The average Bonchev–Trinajstić information content (AvgIpc) is 3.29. The van der Waals surface area contributed by atoms with E-state index in [1.54, 1.807) is 4.90 Å². The molecule has 6 heteroatoms. The highest BCUT2D eigenvalue weighted by molar-refractivity contribution is 6.22. The van der Waals surface area contributed by atoms with Crippen LogP contribution in [0, 0.1) is 0 Å². The predicted octanol–water partition coefficient (Wildman–Crippen LogP) is 6.51. The molecule has 0 bridgehead atoms. The van der Waals surface area contributed by atoms with Crippen LogP contribution in [0.25, 0.3) is 10.9 Å². The third-order valence-electron chi connectivity index (χ3n) is 7.39.